The van der Waals surface area contributed by atoms with E-state index in [0.29, 0.717) is 54.2 Å². The third-order valence-corrected chi connectivity index (χ3v) is 14.6. The van der Waals surface area contributed by atoms with Gasteiger partial charge in [0.15, 0.2) is 0 Å². The summed E-state index contributed by atoms with van der Waals surface area (Å²) in [5.41, 5.74) is 4.41. The Labute approximate surface area is 318 Å². The number of nitrogens with zero attached hydrogens (tertiary/aromatic N) is 2. The van der Waals surface area contributed by atoms with Crippen LogP contribution in [0, 0.1) is 24.2 Å². The Morgan fingerprint density at radius 2 is 1.83 bits per heavy atom. The van der Waals surface area contributed by atoms with Crippen LogP contribution in [0.25, 0.3) is 11.3 Å². The SMILES string of the molecule is Cc1onc(-c2ccc(C(=O)NCCCOC3CCC4C5CCc6cc(O)ccc6C5CCC34C)cc2)c1C(=O)NC1C(=O)N2C1SC(C)(C)C2C(=O)O. The van der Waals surface area contributed by atoms with Gasteiger partial charge >= 0.3 is 5.97 Å². The van der Waals surface area contributed by atoms with E-state index in [-0.39, 0.29) is 34.4 Å². The minimum atomic E-state index is -1.07. The van der Waals surface area contributed by atoms with Crippen molar-refractivity contribution in [3.05, 3.63) is 70.5 Å². The first-order valence-corrected chi connectivity index (χ1v) is 20.0. The van der Waals surface area contributed by atoms with Crippen molar-refractivity contribution in [3.63, 3.8) is 0 Å². The van der Waals surface area contributed by atoms with Crippen molar-refractivity contribution in [2.45, 2.75) is 107 Å². The molecule has 54 heavy (non-hydrogen) atoms. The number of benzene rings is 2. The number of ether oxygens (including phenoxy) is 1. The molecule has 2 saturated carbocycles. The molecule has 12 nitrogen and oxygen atoms in total. The predicted octanol–water partition coefficient (Wildman–Crippen LogP) is 5.66. The van der Waals surface area contributed by atoms with E-state index >= 15 is 0 Å². The van der Waals surface area contributed by atoms with Crippen LogP contribution >= 0.6 is 11.8 Å². The van der Waals surface area contributed by atoms with Gasteiger partial charge in [0.2, 0.25) is 5.91 Å². The standard InChI is InChI=1S/C41H48N4O8S/c1-21-31(36(48)43-33-37(49)45-34(39(50)51)40(2,3)54-38(33)45)32(44-53-21)22-6-8-23(9-7-22)35(47)42-18-5-19-52-30-15-14-29-28-12-10-24-20-25(46)11-13-26(24)27(28)16-17-41(29,30)4/h6-9,11,13,20,27-30,33-34,38,46H,5,10,12,14-19H2,1-4H3,(H,42,47)(H,43,48)(H,50,51). The number of amides is 3. The van der Waals surface area contributed by atoms with Crippen LogP contribution in [0.3, 0.4) is 0 Å². The monoisotopic (exact) mass is 756 g/mol. The number of aromatic hydroxyl groups is 1. The van der Waals surface area contributed by atoms with E-state index in [9.17, 15) is 29.4 Å². The van der Waals surface area contributed by atoms with Crippen molar-refractivity contribution in [1.82, 2.24) is 20.7 Å². The van der Waals surface area contributed by atoms with Gasteiger partial charge in [-0.2, -0.15) is 0 Å². The molecule has 3 heterocycles. The highest BCUT2D eigenvalue weighted by atomic mass is 32.2. The number of nitrogens with one attached hydrogen (secondary N) is 2. The maximum Gasteiger partial charge on any atom is 0.327 e. The summed E-state index contributed by atoms with van der Waals surface area (Å²) in [7, 11) is 0. The minimum Gasteiger partial charge on any atom is -0.508 e. The van der Waals surface area contributed by atoms with Crippen LogP contribution in [0.2, 0.25) is 0 Å². The van der Waals surface area contributed by atoms with Crippen LogP contribution in [0.5, 0.6) is 5.75 Å². The number of fused-ring (bicyclic) bond motifs is 6. The minimum absolute atomic E-state index is 0.164. The lowest BCUT2D eigenvalue weighted by Crippen LogP contribution is -2.70. The molecule has 2 aromatic carbocycles. The third kappa shape index (κ3) is 6.07. The maximum absolute atomic E-state index is 13.5. The molecule has 2 aliphatic heterocycles. The summed E-state index contributed by atoms with van der Waals surface area (Å²) in [5.74, 6) is 0.252. The van der Waals surface area contributed by atoms with Gasteiger partial charge in [-0.3, -0.25) is 14.4 Å². The van der Waals surface area contributed by atoms with Gasteiger partial charge in [-0.15, -0.1) is 11.8 Å². The second-order valence-corrected chi connectivity index (χ2v) is 18.2. The molecular formula is C41H48N4O8S. The summed E-state index contributed by atoms with van der Waals surface area (Å²) in [6.45, 7) is 8.66. The number of carboxylic acids is 1. The van der Waals surface area contributed by atoms with E-state index in [1.807, 2.05) is 12.1 Å². The number of aromatic nitrogens is 1. The van der Waals surface area contributed by atoms with Crippen molar-refractivity contribution in [2.75, 3.05) is 13.2 Å². The Balaban J connectivity index is 0.820. The summed E-state index contributed by atoms with van der Waals surface area (Å²) >= 11 is 1.35. The van der Waals surface area contributed by atoms with Crippen molar-refractivity contribution in [2.24, 2.45) is 17.3 Å². The Kier molecular flexibility index (Phi) is 9.31. The number of β-lactam (4-membered cyclic amide) rings is 1. The smallest absolute Gasteiger partial charge is 0.327 e. The number of carboxylic acid groups (broad SMARTS) is 1. The molecule has 0 radical (unpaired) electrons. The van der Waals surface area contributed by atoms with Gasteiger partial charge in [-0.1, -0.05) is 30.3 Å². The molecule has 8 atom stereocenters. The topological polar surface area (TPSA) is 171 Å². The first kappa shape index (κ1) is 36.6. The molecule has 3 amide bonds. The summed E-state index contributed by atoms with van der Waals surface area (Å²) in [6.07, 6.45) is 7.69. The molecule has 4 N–H and O–H groups in total. The molecule has 286 valence electrons. The predicted molar refractivity (Wildman–Crippen MR) is 201 cm³/mol. The van der Waals surface area contributed by atoms with Gasteiger partial charge in [0.1, 0.15) is 40.2 Å². The second kappa shape index (κ2) is 13.7. The molecule has 3 aliphatic carbocycles. The van der Waals surface area contributed by atoms with E-state index in [0.717, 1.165) is 25.7 Å². The lowest BCUT2D eigenvalue weighted by molar-refractivity contribution is -0.159. The summed E-state index contributed by atoms with van der Waals surface area (Å²) in [5, 5.41) is 29.1. The first-order valence-electron chi connectivity index (χ1n) is 19.1. The molecule has 0 bridgehead atoms. The first-order chi connectivity index (χ1) is 25.8. The quantitative estimate of drug-likeness (QED) is 0.150. The number of carbonyl (C=O) groups excluding carboxylic acids is 3. The molecule has 13 heteroatoms. The number of aryl methyl sites for hydroxylation is 2. The number of phenolic OH excluding ortho intramolecular Hbond substituents is 1. The zero-order valence-corrected chi connectivity index (χ0v) is 31.9. The van der Waals surface area contributed by atoms with Crippen molar-refractivity contribution in [3.8, 4) is 17.0 Å². The maximum atomic E-state index is 13.5. The van der Waals surface area contributed by atoms with Gasteiger partial charge in [0.05, 0.1) is 6.10 Å². The average Bonchev–Trinajstić information content (AvgIpc) is 3.78. The van der Waals surface area contributed by atoms with Gasteiger partial charge < -0.3 is 35.0 Å². The van der Waals surface area contributed by atoms with E-state index in [1.54, 1.807) is 45.0 Å². The Hall–Kier alpha value is -4.36. The third-order valence-electron chi connectivity index (χ3n) is 13.0. The van der Waals surface area contributed by atoms with Gasteiger partial charge in [-0.25, -0.2) is 4.79 Å². The van der Waals surface area contributed by atoms with E-state index in [4.69, 9.17) is 9.26 Å². The lowest BCUT2D eigenvalue weighted by Gasteiger charge is -2.50. The number of hydrogen-bond acceptors (Lipinski definition) is 9. The Morgan fingerprint density at radius 1 is 1.06 bits per heavy atom. The Morgan fingerprint density at radius 3 is 2.59 bits per heavy atom. The van der Waals surface area contributed by atoms with Crippen LogP contribution in [0.15, 0.2) is 47.0 Å². The number of thioether (sulfide) groups is 1. The molecule has 0 spiro atoms. The summed E-state index contributed by atoms with van der Waals surface area (Å²) in [4.78, 5) is 52.6. The highest BCUT2D eigenvalue weighted by Gasteiger charge is 2.64. The number of rotatable bonds is 10. The summed E-state index contributed by atoms with van der Waals surface area (Å²) < 4.78 is 11.2. The van der Waals surface area contributed by atoms with Gasteiger partial charge in [0.25, 0.3) is 11.8 Å². The van der Waals surface area contributed by atoms with Crippen LogP contribution in [0.1, 0.15) is 103 Å². The lowest BCUT2D eigenvalue weighted by atomic mass is 9.55. The van der Waals surface area contributed by atoms with E-state index in [1.165, 1.54) is 40.6 Å². The number of aliphatic carboxylic acids is 1. The Bertz CT molecular complexity index is 2000. The average molecular weight is 757 g/mol. The molecule has 8 unspecified atom stereocenters. The van der Waals surface area contributed by atoms with Crippen molar-refractivity contribution in [1.29, 1.82) is 0 Å². The molecule has 3 aromatic rings. The van der Waals surface area contributed by atoms with Crippen LogP contribution in [-0.4, -0.2) is 85.4 Å². The zero-order valence-electron chi connectivity index (χ0n) is 31.1. The molecule has 8 rings (SSSR count). The molecule has 5 aliphatic rings. The molecule has 2 saturated heterocycles. The van der Waals surface area contributed by atoms with Gasteiger partial charge in [-0.05, 0) is 124 Å². The van der Waals surface area contributed by atoms with Crippen molar-refractivity contribution >= 4 is 35.5 Å². The highest BCUT2D eigenvalue weighted by Crippen LogP contribution is 2.61. The molecular weight excluding hydrogens is 709 g/mol. The van der Waals surface area contributed by atoms with E-state index < -0.39 is 40.0 Å². The second-order valence-electron chi connectivity index (χ2n) is 16.5. The van der Waals surface area contributed by atoms with Crippen LogP contribution in [-0.2, 0) is 20.7 Å². The van der Waals surface area contributed by atoms with Gasteiger partial charge in [0, 0.05) is 29.0 Å². The van der Waals surface area contributed by atoms with E-state index in [2.05, 4.69) is 28.8 Å². The normalized spacial score (nSPS) is 30.4. The fourth-order valence-electron chi connectivity index (χ4n) is 10.4. The highest BCUT2D eigenvalue weighted by molar-refractivity contribution is 8.01. The van der Waals surface area contributed by atoms with Crippen LogP contribution in [0.4, 0.5) is 0 Å². The number of phenols is 1. The zero-order chi connectivity index (χ0) is 38.1. The fraction of sp³-hybridized carbons (Fsp3) is 0.537. The number of carbonyl (C=O) groups is 4. The van der Waals surface area contributed by atoms with Crippen LogP contribution < -0.4 is 10.6 Å². The fourth-order valence-corrected chi connectivity index (χ4v) is 12.0. The number of hydrogen-bond donors (Lipinski definition) is 4. The largest absolute Gasteiger partial charge is 0.508 e. The van der Waals surface area contributed by atoms with Crippen molar-refractivity contribution < 1.29 is 38.7 Å². The summed E-state index contributed by atoms with van der Waals surface area (Å²) in [6, 6.07) is 10.9. The molecule has 4 fully saturated rings. The molecule has 1 aromatic heterocycles.